The average Bonchev–Trinajstić information content (AvgIpc) is 3.45. The molecule has 5 aliphatic carbocycles. The molecule has 0 aromatic heterocycles. The number of fused-ring (bicyclic) bond motifs is 9. The molecule has 3 saturated heterocycles. The van der Waals surface area contributed by atoms with Crippen LogP contribution in [0.25, 0.3) is 0 Å². The second kappa shape index (κ2) is 9.12. The van der Waals surface area contributed by atoms with Crippen LogP contribution >= 0.6 is 23.5 Å². The van der Waals surface area contributed by atoms with Crippen molar-refractivity contribution in [2.45, 2.75) is 160 Å². The van der Waals surface area contributed by atoms with Crippen LogP contribution in [0.2, 0.25) is 0 Å². The summed E-state index contributed by atoms with van der Waals surface area (Å²) >= 11 is 5.04. The maximum absolute atomic E-state index is 6.79. The zero-order chi connectivity index (χ0) is 22.2. The lowest BCUT2D eigenvalue weighted by Gasteiger charge is -2.58. The Balaban J connectivity index is 1.10. The van der Waals surface area contributed by atoms with Crippen LogP contribution in [0.4, 0.5) is 0 Å². The molecular formula is C30H47NOS2. The van der Waals surface area contributed by atoms with Gasteiger partial charge >= 0.3 is 0 Å². The van der Waals surface area contributed by atoms with E-state index in [2.05, 4.69) is 28.4 Å². The Hall–Kier alpha value is 0.620. The van der Waals surface area contributed by atoms with Crippen LogP contribution in [0.15, 0.2) is 0 Å². The molecule has 13 unspecified atom stereocenters. The zero-order valence-corrected chi connectivity index (χ0v) is 22.8. The van der Waals surface area contributed by atoms with E-state index < -0.39 is 0 Å². The number of rotatable bonds is 1. The molecule has 190 valence electrons. The smallest absolute Gasteiger partial charge is 0.0621 e. The van der Waals surface area contributed by atoms with Gasteiger partial charge in [0.15, 0.2) is 0 Å². The Labute approximate surface area is 216 Å². The van der Waals surface area contributed by atoms with E-state index in [0.717, 1.165) is 62.8 Å². The van der Waals surface area contributed by atoms with Gasteiger partial charge in [0.25, 0.3) is 0 Å². The number of thioether (sulfide) groups is 2. The van der Waals surface area contributed by atoms with Crippen LogP contribution in [0, 0.1) is 23.7 Å². The first-order valence-electron chi connectivity index (χ1n) is 15.6. The van der Waals surface area contributed by atoms with Gasteiger partial charge in [0.05, 0.1) is 12.2 Å². The van der Waals surface area contributed by atoms with Crippen molar-refractivity contribution < 1.29 is 4.74 Å². The van der Waals surface area contributed by atoms with Gasteiger partial charge in [0.2, 0.25) is 0 Å². The van der Waals surface area contributed by atoms with Crippen molar-refractivity contribution in [2.75, 3.05) is 0 Å². The Morgan fingerprint density at radius 3 is 1.94 bits per heavy atom. The van der Waals surface area contributed by atoms with Crippen LogP contribution in [0.3, 0.4) is 0 Å². The van der Waals surface area contributed by atoms with Crippen LogP contribution in [-0.4, -0.2) is 56.2 Å². The van der Waals surface area contributed by atoms with Gasteiger partial charge in [-0.1, -0.05) is 44.9 Å². The lowest BCUT2D eigenvalue weighted by molar-refractivity contribution is -0.00898. The highest BCUT2D eigenvalue weighted by Crippen LogP contribution is 2.62. The Morgan fingerprint density at radius 1 is 0.471 bits per heavy atom. The fraction of sp³-hybridized carbons (Fsp3) is 1.00. The van der Waals surface area contributed by atoms with Crippen LogP contribution in [0.1, 0.15) is 109 Å². The molecule has 3 aliphatic heterocycles. The molecule has 8 rings (SSSR count). The Bertz CT molecular complexity index is 740. The summed E-state index contributed by atoms with van der Waals surface area (Å²) < 4.78 is 6.79. The molecule has 0 aromatic rings. The van der Waals surface area contributed by atoms with Crippen molar-refractivity contribution in [1.82, 2.24) is 4.90 Å². The maximum atomic E-state index is 6.79. The van der Waals surface area contributed by atoms with Gasteiger partial charge in [-0.15, -0.1) is 0 Å². The average molecular weight is 502 g/mol. The SMILES string of the molecule is C1CCC2C(C1)OC1CCC3C4CCCC(N5C6CCCCC6SC6CCCCC65)C4SC3C12. The van der Waals surface area contributed by atoms with Crippen LogP contribution in [0.5, 0.6) is 0 Å². The third-order valence-corrected chi connectivity index (χ3v) is 15.9. The summed E-state index contributed by atoms with van der Waals surface area (Å²) in [6, 6.07) is 2.72. The van der Waals surface area contributed by atoms with Gasteiger partial charge in [0, 0.05) is 45.0 Å². The number of hydrogen-bond acceptors (Lipinski definition) is 4. The second-order valence-electron chi connectivity index (χ2n) is 13.6. The standard InChI is InChI=1S/C30H47NOS2/c1-4-13-24-20(8-1)28-25(32-24)17-16-19-18-9-7-12-23(29(18)34-30(19)28)31-21-10-2-5-14-26(21)33-27-15-6-3-11-22(27)31/h18-30H,1-17H2. The van der Waals surface area contributed by atoms with Gasteiger partial charge in [-0.2, -0.15) is 23.5 Å². The first-order valence-corrected chi connectivity index (χ1v) is 17.5. The Kier molecular flexibility index (Phi) is 6.06. The largest absolute Gasteiger partial charge is 0.374 e. The van der Waals surface area contributed by atoms with Crippen molar-refractivity contribution in [3.05, 3.63) is 0 Å². The summed E-state index contributed by atoms with van der Waals surface area (Å²) in [6.07, 6.45) is 26.5. The van der Waals surface area contributed by atoms with E-state index in [1.54, 1.807) is 6.42 Å². The number of nitrogens with zero attached hydrogens (tertiary/aromatic N) is 1. The highest BCUT2D eigenvalue weighted by Gasteiger charge is 2.61. The molecule has 0 N–H and O–H groups in total. The molecule has 0 aromatic carbocycles. The van der Waals surface area contributed by atoms with E-state index in [1.807, 2.05) is 0 Å². The summed E-state index contributed by atoms with van der Waals surface area (Å²) in [5, 5.41) is 3.79. The molecule has 5 saturated carbocycles. The topological polar surface area (TPSA) is 12.5 Å². The quantitative estimate of drug-likeness (QED) is 0.374. The minimum absolute atomic E-state index is 0.622. The van der Waals surface area contributed by atoms with Crippen molar-refractivity contribution in [3.63, 3.8) is 0 Å². The van der Waals surface area contributed by atoms with Crippen LogP contribution in [-0.2, 0) is 4.74 Å². The molecule has 8 fully saturated rings. The van der Waals surface area contributed by atoms with Gasteiger partial charge < -0.3 is 4.74 Å². The van der Waals surface area contributed by atoms with Crippen LogP contribution < -0.4 is 0 Å². The lowest BCUT2D eigenvalue weighted by Crippen LogP contribution is -2.64. The summed E-state index contributed by atoms with van der Waals surface area (Å²) in [6.45, 7) is 0. The summed E-state index contributed by atoms with van der Waals surface area (Å²) in [5.74, 6) is 3.86. The predicted molar refractivity (Wildman–Crippen MR) is 145 cm³/mol. The predicted octanol–water partition coefficient (Wildman–Crippen LogP) is 7.29. The molecule has 2 nitrogen and oxygen atoms in total. The van der Waals surface area contributed by atoms with Crippen molar-refractivity contribution in [1.29, 1.82) is 0 Å². The van der Waals surface area contributed by atoms with E-state index in [-0.39, 0.29) is 0 Å². The zero-order valence-electron chi connectivity index (χ0n) is 21.2. The molecule has 0 amide bonds. The molecule has 4 heteroatoms. The van der Waals surface area contributed by atoms with E-state index in [4.69, 9.17) is 4.74 Å². The van der Waals surface area contributed by atoms with E-state index >= 15 is 0 Å². The highest BCUT2D eigenvalue weighted by atomic mass is 32.2. The van der Waals surface area contributed by atoms with Gasteiger partial charge in [0.1, 0.15) is 0 Å². The first-order chi connectivity index (χ1) is 16.9. The summed E-state index contributed by atoms with van der Waals surface area (Å²) in [5.41, 5.74) is 0. The molecule has 13 atom stereocenters. The number of ether oxygens (including phenoxy) is 1. The minimum Gasteiger partial charge on any atom is -0.374 e. The third kappa shape index (κ3) is 3.49. The summed E-state index contributed by atoms with van der Waals surface area (Å²) in [7, 11) is 0. The lowest BCUT2D eigenvalue weighted by atomic mass is 9.64. The minimum atomic E-state index is 0.622. The summed E-state index contributed by atoms with van der Waals surface area (Å²) in [4.78, 5) is 3.30. The van der Waals surface area contributed by atoms with Crippen molar-refractivity contribution >= 4 is 23.5 Å². The third-order valence-electron chi connectivity index (χ3n) is 12.1. The molecule has 0 radical (unpaired) electrons. The fourth-order valence-corrected chi connectivity index (χ4v) is 15.4. The molecule has 3 heterocycles. The van der Waals surface area contributed by atoms with Crippen molar-refractivity contribution in [2.24, 2.45) is 23.7 Å². The monoisotopic (exact) mass is 501 g/mol. The molecule has 34 heavy (non-hydrogen) atoms. The van der Waals surface area contributed by atoms with Gasteiger partial charge in [-0.05, 0) is 82.0 Å². The normalized spacial score (nSPS) is 57.0. The molecule has 0 spiro atoms. The van der Waals surface area contributed by atoms with E-state index in [9.17, 15) is 0 Å². The maximum Gasteiger partial charge on any atom is 0.0621 e. The first kappa shape index (κ1) is 22.6. The molecule has 8 aliphatic rings. The number of hydrogen-bond donors (Lipinski definition) is 0. The van der Waals surface area contributed by atoms with E-state index in [1.165, 1.54) is 103 Å². The highest BCUT2D eigenvalue weighted by molar-refractivity contribution is 8.01. The molecular weight excluding hydrogens is 454 g/mol. The van der Waals surface area contributed by atoms with Gasteiger partial charge in [-0.25, -0.2) is 0 Å². The van der Waals surface area contributed by atoms with Gasteiger partial charge in [-0.3, -0.25) is 4.90 Å². The Morgan fingerprint density at radius 2 is 1.12 bits per heavy atom. The van der Waals surface area contributed by atoms with E-state index in [0.29, 0.717) is 12.2 Å². The second-order valence-corrected chi connectivity index (χ2v) is 16.4. The van der Waals surface area contributed by atoms with Crippen molar-refractivity contribution in [3.8, 4) is 0 Å². The fourth-order valence-electron chi connectivity index (χ4n) is 10.9. The molecule has 0 bridgehead atoms.